The number of nitrogens with zero attached hydrogens (tertiary/aromatic N) is 1. The molecule has 3 heteroatoms. The van der Waals surface area contributed by atoms with Crippen LogP contribution in [0.5, 0.6) is 0 Å². The summed E-state index contributed by atoms with van der Waals surface area (Å²) in [6.45, 7) is 9.66. The van der Waals surface area contributed by atoms with E-state index >= 15 is 0 Å². The van der Waals surface area contributed by atoms with E-state index in [1.807, 2.05) is 0 Å². The number of hydrogen-bond donors (Lipinski definition) is 0. The highest BCUT2D eigenvalue weighted by molar-refractivity contribution is 5.91. The molecule has 2 rings (SSSR count). The summed E-state index contributed by atoms with van der Waals surface area (Å²) in [5.74, 6) is 0.490. The van der Waals surface area contributed by atoms with Crippen LogP contribution in [-0.4, -0.2) is 12.6 Å². The predicted octanol–water partition coefficient (Wildman–Crippen LogP) is 4.88. The molecule has 0 unspecified atom stereocenters. The van der Waals surface area contributed by atoms with Gasteiger partial charge in [0.25, 0.3) is 5.70 Å². The first-order valence-electron chi connectivity index (χ1n) is 8.56. The zero-order chi connectivity index (χ0) is 15.1. The summed E-state index contributed by atoms with van der Waals surface area (Å²) >= 11 is 0. The Labute approximate surface area is 128 Å². The molecule has 116 valence electrons. The van der Waals surface area contributed by atoms with Crippen molar-refractivity contribution in [2.75, 3.05) is 6.61 Å². The van der Waals surface area contributed by atoms with E-state index in [-0.39, 0.29) is 0 Å². The molecule has 2 saturated carbocycles. The quantitative estimate of drug-likeness (QED) is 0.419. The molecule has 0 aliphatic heterocycles. The second-order valence-corrected chi connectivity index (χ2v) is 6.31. The van der Waals surface area contributed by atoms with Gasteiger partial charge in [-0.25, -0.2) is 4.85 Å². The van der Waals surface area contributed by atoms with Crippen molar-refractivity contribution in [2.45, 2.75) is 71.1 Å². The van der Waals surface area contributed by atoms with Gasteiger partial charge < -0.3 is 4.74 Å². The molecule has 0 saturated heterocycles. The van der Waals surface area contributed by atoms with E-state index in [0.29, 0.717) is 24.1 Å². The number of carbonyl (C=O) groups is 1. The average Bonchev–Trinajstić information content (AvgIpc) is 2.54. The molecule has 0 aromatic carbocycles. The van der Waals surface area contributed by atoms with Crippen molar-refractivity contribution in [3.05, 3.63) is 22.7 Å². The molecule has 0 radical (unpaired) electrons. The Morgan fingerprint density at radius 3 is 1.86 bits per heavy atom. The molecule has 0 aromatic heterocycles. The van der Waals surface area contributed by atoms with Crippen LogP contribution in [-0.2, 0) is 9.53 Å². The van der Waals surface area contributed by atoms with Gasteiger partial charge in [0.1, 0.15) is 0 Å². The fourth-order valence-corrected chi connectivity index (χ4v) is 3.97. The van der Waals surface area contributed by atoms with Gasteiger partial charge >= 0.3 is 5.97 Å². The Bertz CT molecular complexity index is 401. The number of allylic oxidation sites excluding steroid dienone is 1. The molecule has 0 spiro atoms. The van der Waals surface area contributed by atoms with E-state index in [2.05, 4.69) is 4.85 Å². The Kier molecular flexibility index (Phi) is 6.29. The van der Waals surface area contributed by atoms with Crippen LogP contribution in [0.25, 0.3) is 4.85 Å². The molecule has 0 N–H and O–H groups in total. The Balaban J connectivity index is 2.31. The normalized spacial score (nSPS) is 20.6. The van der Waals surface area contributed by atoms with E-state index in [9.17, 15) is 4.79 Å². The van der Waals surface area contributed by atoms with Crippen molar-refractivity contribution in [1.29, 1.82) is 0 Å². The van der Waals surface area contributed by atoms with Crippen molar-refractivity contribution < 1.29 is 9.53 Å². The molecule has 2 aliphatic rings. The summed E-state index contributed by atoms with van der Waals surface area (Å²) < 4.78 is 5.15. The predicted molar refractivity (Wildman–Crippen MR) is 83.4 cm³/mol. The second-order valence-electron chi connectivity index (χ2n) is 6.31. The minimum Gasteiger partial charge on any atom is -0.471 e. The number of esters is 1. The summed E-state index contributed by atoms with van der Waals surface area (Å²) in [4.78, 5) is 15.8. The van der Waals surface area contributed by atoms with Crippen LogP contribution in [0.2, 0.25) is 0 Å². The Hall–Kier alpha value is -1.30. The van der Waals surface area contributed by atoms with Crippen LogP contribution in [0.4, 0.5) is 0 Å². The minimum atomic E-state index is -0.390. The maximum Gasteiger partial charge on any atom is 0.336 e. The fourth-order valence-electron chi connectivity index (χ4n) is 3.97. The van der Waals surface area contributed by atoms with Crippen LogP contribution >= 0.6 is 0 Å². The first kappa shape index (κ1) is 16.1. The number of hydrogen-bond acceptors (Lipinski definition) is 2. The van der Waals surface area contributed by atoms with Gasteiger partial charge in [-0.15, -0.1) is 0 Å². The molecule has 0 atom stereocenters. The zero-order valence-corrected chi connectivity index (χ0v) is 13.2. The highest BCUT2D eigenvalue weighted by atomic mass is 16.5. The van der Waals surface area contributed by atoms with Gasteiger partial charge in [0.15, 0.2) is 0 Å². The van der Waals surface area contributed by atoms with Gasteiger partial charge in [0.05, 0.1) is 13.2 Å². The number of rotatable bonds is 4. The summed E-state index contributed by atoms with van der Waals surface area (Å²) in [6, 6.07) is 0. The largest absolute Gasteiger partial charge is 0.471 e. The summed E-state index contributed by atoms with van der Waals surface area (Å²) in [5, 5.41) is 0. The van der Waals surface area contributed by atoms with Gasteiger partial charge in [0, 0.05) is 0 Å². The molecule has 3 nitrogen and oxygen atoms in total. The topological polar surface area (TPSA) is 30.7 Å². The first-order valence-corrected chi connectivity index (χ1v) is 8.56. The molecule has 21 heavy (non-hydrogen) atoms. The van der Waals surface area contributed by atoms with Crippen LogP contribution < -0.4 is 0 Å². The van der Waals surface area contributed by atoms with Crippen molar-refractivity contribution in [3.63, 3.8) is 0 Å². The molecule has 2 aliphatic carbocycles. The molecule has 2 fully saturated rings. The van der Waals surface area contributed by atoms with E-state index in [1.165, 1.54) is 38.5 Å². The number of carbonyl (C=O) groups excluding carboxylic acids is 1. The van der Waals surface area contributed by atoms with Crippen molar-refractivity contribution in [3.8, 4) is 0 Å². The second kappa shape index (κ2) is 8.22. The molecule has 0 amide bonds. The van der Waals surface area contributed by atoms with Crippen LogP contribution in [0, 0.1) is 18.4 Å². The summed E-state index contributed by atoms with van der Waals surface area (Å²) in [5.41, 5.74) is 1.47. The summed E-state index contributed by atoms with van der Waals surface area (Å²) in [6.07, 6.45) is 12.1. The smallest absolute Gasteiger partial charge is 0.336 e. The van der Waals surface area contributed by atoms with Crippen molar-refractivity contribution in [2.24, 2.45) is 11.8 Å². The lowest BCUT2D eigenvalue weighted by Gasteiger charge is -2.33. The van der Waals surface area contributed by atoms with E-state index in [0.717, 1.165) is 31.3 Å². The third-order valence-electron chi connectivity index (χ3n) is 4.94. The molecule has 0 heterocycles. The third kappa shape index (κ3) is 4.09. The van der Waals surface area contributed by atoms with Gasteiger partial charge in [-0.05, 0) is 44.4 Å². The van der Waals surface area contributed by atoms with Crippen LogP contribution in [0.3, 0.4) is 0 Å². The minimum absolute atomic E-state index is 0.315. The van der Waals surface area contributed by atoms with Crippen molar-refractivity contribution >= 4 is 5.97 Å². The zero-order valence-electron chi connectivity index (χ0n) is 13.2. The standard InChI is InChI=1S/C18H27NO2/c1-3-21-18(20)17(19-2)16(14-10-6-4-7-11-14)15-12-8-5-9-13-15/h14-15H,3-13H2,1H3. The van der Waals surface area contributed by atoms with E-state index < -0.39 is 5.97 Å². The molecular formula is C18H27NO2. The lowest BCUT2D eigenvalue weighted by Crippen LogP contribution is -2.22. The Morgan fingerprint density at radius 2 is 1.48 bits per heavy atom. The van der Waals surface area contributed by atoms with Gasteiger partial charge in [-0.2, -0.15) is 0 Å². The molecular weight excluding hydrogens is 262 g/mol. The SMILES string of the molecule is [C-]#[N+]C(C(=O)OCC)=C(C1CCCCC1)C1CCCCC1. The highest BCUT2D eigenvalue weighted by Crippen LogP contribution is 2.41. The van der Waals surface area contributed by atoms with Gasteiger partial charge in [0.2, 0.25) is 0 Å². The lowest BCUT2D eigenvalue weighted by atomic mass is 9.73. The lowest BCUT2D eigenvalue weighted by molar-refractivity contribution is -0.138. The van der Waals surface area contributed by atoms with Gasteiger partial charge in [-0.1, -0.05) is 44.1 Å². The average molecular weight is 289 g/mol. The van der Waals surface area contributed by atoms with E-state index in [4.69, 9.17) is 11.3 Å². The first-order chi connectivity index (χ1) is 10.3. The maximum absolute atomic E-state index is 12.2. The van der Waals surface area contributed by atoms with E-state index in [1.54, 1.807) is 6.92 Å². The Morgan fingerprint density at radius 1 is 1.00 bits per heavy atom. The highest BCUT2D eigenvalue weighted by Gasteiger charge is 2.31. The third-order valence-corrected chi connectivity index (χ3v) is 4.94. The van der Waals surface area contributed by atoms with Crippen molar-refractivity contribution in [1.82, 2.24) is 0 Å². The van der Waals surface area contributed by atoms with Gasteiger partial charge in [-0.3, -0.25) is 4.79 Å². The van der Waals surface area contributed by atoms with Crippen LogP contribution in [0.15, 0.2) is 11.3 Å². The molecule has 0 aromatic rings. The maximum atomic E-state index is 12.2. The monoisotopic (exact) mass is 289 g/mol. The fraction of sp³-hybridized carbons (Fsp3) is 0.778. The summed E-state index contributed by atoms with van der Waals surface area (Å²) in [7, 11) is 0. The van der Waals surface area contributed by atoms with Crippen LogP contribution in [0.1, 0.15) is 71.1 Å². The molecule has 0 bridgehead atoms. The number of ether oxygens (including phenoxy) is 1.